The lowest BCUT2D eigenvalue weighted by molar-refractivity contribution is 0.103. The van der Waals surface area contributed by atoms with Crippen molar-refractivity contribution in [3.63, 3.8) is 0 Å². The summed E-state index contributed by atoms with van der Waals surface area (Å²) in [7, 11) is 0. The molecule has 2 aliphatic rings. The van der Waals surface area contributed by atoms with Gasteiger partial charge in [-0.2, -0.15) is 4.98 Å². The minimum Gasteiger partial charge on any atom is -0.465 e. The molecule has 2 fully saturated rings. The van der Waals surface area contributed by atoms with E-state index in [1.54, 1.807) is 17.2 Å². The number of amides is 2. The van der Waals surface area contributed by atoms with Crippen molar-refractivity contribution >= 4 is 24.0 Å². The number of benzene rings is 1. The van der Waals surface area contributed by atoms with Crippen molar-refractivity contribution in [1.29, 1.82) is 0 Å². The van der Waals surface area contributed by atoms with Crippen molar-refractivity contribution in [2.45, 2.75) is 39.4 Å². The van der Waals surface area contributed by atoms with Gasteiger partial charge in [-0.15, -0.1) is 0 Å². The highest BCUT2D eigenvalue weighted by Gasteiger charge is 2.37. The van der Waals surface area contributed by atoms with Crippen LogP contribution in [-0.2, 0) is 11.3 Å². The van der Waals surface area contributed by atoms with Gasteiger partial charge in [0.15, 0.2) is 0 Å². The zero-order valence-corrected chi connectivity index (χ0v) is 19.8. The number of nitrogens with zero attached hydrogens (tertiary/aromatic N) is 5. The van der Waals surface area contributed by atoms with Crippen LogP contribution in [0.25, 0.3) is 0 Å². The molecule has 34 heavy (non-hydrogen) atoms. The molecule has 1 unspecified atom stereocenters. The standard InChI is InChI=1S/C24H32N6O4/c1-16(2)20-15-34-24(33)30(20)21-8-9-25-22(27-21)26-17(3)19-6-4-18(5-7-19)14-28-10-12-29(13-11-28)23(31)32/h4-9,16-17,20H,10-15H2,1-3H3,(H,31,32)(H,25,26,27)/t17-,20?/m0/s1. The number of piperazine rings is 1. The Labute approximate surface area is 199 Å². The molecule has 2 amide bonds. The van der Waals surface area contributed by atoms with Crippen molar-refractivity contribution in [1.82, 2.24) is 19.8 Å². The van der Waals surface area contributed by atoms with E-state index in [2.05, 4.69) is 58.3 Å². The Balaban J connectivity index is 1.36. The fraction of sp³-hybridized carbons (Fsp3) is 0.500. The number of hydrogen-bond donors (Lipinski definition) is 2. The Morgan fingerprint density at radius 3 is 2.50 bits per heavy atom. The molecule has 0 spiro atoms. The first-order valence-electron chi connectivity index (χ1n) is 11.7. The average molecular weight is 469 g/mol. The summed E-state index contributed by atoms with van der Waals surface area (Å²) in [6.07, 6.45) is 0.421. The predicted octanol–water partition coefficient (Wildman–Crippen LogP) is 3.43. The topological polar surface area (TPSA) is 111 Å². The zero-order valence-electron chi connectivity index (χ0n) is 19.8. The third-order valence-corrected chi connectivity index (χ3v) is 6.44. The van der Waals surface area contributed by atoms with E-state index in [1.165, 1.54) is 10.5 Å². The van der Waals surface area contributed by atoms with Crippen LogP contribution in [0.5, 0.6) is 0 Å². The number of carbonyl (C=O) groups excluding carboxylic acids is 1. The van der Waals surface area contributed by atoms with E-state index in [9.17, 15) is 9.59 Å². The second-order valence-corrected chi connectivity index (χ2v) is 9.15. The third-order valence-electron chi connectivity index (χ3n) is 6.44. The van der Waals surface area contributed by atoms with Gasteiger partial charge < -0.3 is 20.1 Å². The second kappa shape index (κ2) is 10.3. The number of hydrogen-bond acceptors (Lipinski definition) is 7. The SMILES string of the molecule is CC(C)C1COC(=O)N1c1ccnc(N[C@@H](C)c2ccc(CN3CCN(C(=O)O)CC3)cc2)n1. The third kappa shape index (κ3) is 5.39. The van der Waals surface area contributed by atoms with Crippen LogP contribution >= 0.6 is 0 Å². The monoisotopic (exact) mass is 468 g/mol. The van der Waals surface area contributed by atoms with Crippen LogP contribution in [0, 0.1) is 5.92 Å². The van der Waals surface area contributed by atoms with E-state index in [4.69, 9.17) is 9.84 Å². The van der Waals surface area contributed by atoms with E-state index < -0.39 is 6.09 Å². The lowest BCUT2D eigenvalue weighted by Crippen LogP contribution is -2.47. The maximum absolute atomic E-state index is 12.3. The van der Waals surface area contributed by atoms with E-state index in [0.29, 0.717) is 31.5 Å². The number of carbonyl (C=O) groups is 2. The second-order valence-electron chi connectivity index (χ2n) is 9.15. The van der Waals surface area contributed by atoms with Crippen LogP contribution in [0.3, 0.4) is 0 Å². The van der Waals surface area contributed by atoms with Crippen molar-refractivity contribution < 1.29 is 19.4 Å². The molecule has 2 saturated heterocycles. The van der Waals surface area contributed by atoms with Gasteiger partial charge in [0.25, 0.3) is 0 Å². The molecular weight excluding hydrogens is 436 g/mol. The first-order valence-corrected chi connectivity index (χ1v) is 11.7. The number of rotatable bonds is 7. The summed E-state index contributed by atoms with van der Waals surface area (Å²) in [6.45, 7) is 9.87. The van der Waals surface area contributed by atoms with E-state index in [0.717, 1.165) is 25.2 Å². The van der Waals surface area contributed by atoms with Gasteiger partial charge in [-0.25, -0.2) is 14.6 Å². The molecule has 10 nitrogen and oxygen atoms in total. The van der Waals surface area contributed by atoms with Crippen LogP contribution < -0.4 is 10.2 Å². The molecule has 182 valence electrons. The van der Waals surface area contributed by atoms with Gasteiger partial charge in [0.1, 0.15) is 12.4 Å². The van der Waals surface area contributed by atoms with E-state index in [-0.39, 0.29) is 24.1 Å². The summed E-state index contributed by atoms with van der Waals surface area (Å²) in [6, 6.07) is 10.0. The molecule has 4 rings (SSSR count). The average Bonchev–Trinajstić information content (AvgIpc) is 3.22. The van der Waals surface area contributed by atoms with Crippen LogP contribution in [0.4, 0.5) is 21.4 Å². The van der Waals surface area contributed by atoms with Gasteiger partial charge >= 0.3 is 12.2 Å². The summed E-state index contributed by atoms with van der Waals surface area (Å²) in [5.74, 6) is 1.23. The minimum absolute atomic E-state index is 0.0326. The van der Waals surface area contributed by atoms with Gasteiger partial charge in [-0.1, -0.05) is 38.1 Å². The maximum Gasteiger partial charge on any atom is 0.415 e. The summed E-state index contributed by atoms with van der Waals surface area (Å²) in [4.78, 5) is 37.5. The lowest BCUT2D eigenvalue weighted by atomic mass is 10.0. The number of carboxylic acid groups (broad SMARTS) is 1. The molecule has 1 aromatic heterocycles. The number of nitrogens with one attached hydrogen (secondary N) is 1. The molecule has 3 heterocycles. The molecule has 2 aromatic rings. The molecule has 0 radical (unpaired) electrons. The quantitative estimate of drug-likeness (QED) is 0.636. The van der Waals surface area contributed by atoms with Gasteiger partial charge in [0.2, 0.25) is 5.95 Å². The summed E-state index contributed by atoms with van der Waals surface area (Å²) >= 11 is 0. The number of cyclic esters (lactones) is 1. The molecule has 2 atom stereocenters. The van der Waals surface area contributed by atoms with Crippen molar-refractivity contribution in [2.75, 3.05) is 43.0 Å². The Morgan fingerprint density at radius 2 is 1.85 bits per heavy atom. The first-order chi connectivity index (χ1) is 16.3. The highest BCUT2D eigenvalue weighted by molar-refractivity contribution is 5.89. The Morgan fingerprint density at radius 1 is 1.15 bits per heavy atom. The molecule has 0 bridgehead atoms. The molecule has 2 aliphatic heterocycles. The number of ether oxygens (including phenoxy) is 1. The lowest BCUT2D eigenvalue weighted by Gasteiger charge is -2.33. The van der Waals surface area contributed by atoms with Gasteiger partial charge in [-0.3, -0.25) is 9.80 Å². The summed E-state index contributed by atoms with van der Waals surface area (Å²) in [5.41, 5.74) is 2.28. The summed E-state index contributed by atoms with van der Waals surface area (Å²) in [5, 5.41) is 12.4. The van der Waals surface area contributed by atoms with E-state index in [1.807, 2.05) is 6.92 Å². The Bertz CT molecular complexity index is 1010. The largest absolute Gasteiger partial charge is 0.465 e. The normalized spacial score (nSPS) is 19.9. The maximum atomic E-state index is 12.3. The van der Waals surface area contributed by atoms with Crippen LogP contribution in [0.1, 0.15) is 37.9 Å². The fourth-order valence-electron chi connectivity index (χ4n) is 4.29. The molecule has 10 heteroatoms. The molecule has 1 aromatic carbocycles. The first kappa shape index (κ1) is 23.7. The smallest absolute Gasteiger partial charge is 0.415 e. The summed E-state index contributed by atoms with van der Waals surface area (Å²) < 4.78 is 5.24. The molecule has 0 saturated carbocycles. The molecule has 0 aliphatic carbocycles. The Kier molecular flexibility index (Phi) is 7.16. The number of anilines is 2. The highest BCUT2D eigenvalue weighted by Crippen LogP contribution is 2.27. The number of aromatic nitrogens is 2. The molecular formula is C24H32N6O4. The van der Waals surface area contributed by atoms with Crippen molar-refractivity contribution in [3.8, 4) is 0 Å². The van der Waals surface area contributed by atoms with Crippen molar-refractivity contribution in [2.24, 2.45) is 5.92 Å². The van der Waals surface area contributed by atoms with Crippen LogP contribution in [0.2, 0.25) is 0 Å². The fourth-order valence-corrected chi connectivity index (χ4v) is 4.29. The van der Waals surface area contributed by atoms with Gasteiger partial charge in [0, 0.05) is 38.9 Å². The Hall–Kier alpha value is -3.40. The van der Waals surface area contributed by atoms with Crippen LogP contribution in [0.15, 0.2) is 36.5 Å². The predicted molar refractivity (Wildman–Crippen MR) is 128 cm³/mol. The van der Waals surface area contributed by atoms with Crippen molar-refractivity contribution in [3.05, 3.63) is 47.7 Å². The zero-order chi connectivity index (χ0) is 24.2. The minimum atomic E-state index is -0.847. The van der Waals surface area contributed by atoms with Crippen LogP contribution in [-0.4, -0.2) is 75.9 Å². The van der Waals surface area contributed by atoms with Gasteiger partial charge in [-0.05, 0) is 30.0 Å². The molecule has 2 N–H and O–H groups in total. The van der Waals surface area contributed by atoms with E-state index >= 15 is 0 Å². The van der Waals surface area contributed by atoms with Gasteiger partial charge in [0.05, 0.1) is 12.1 Å². The highest BCUT2D eigenvalue weighted by atomic mass is 16.6.